The summed E-state index contributed by atoms with van der Waals surface area (Å²) >= 11 is 3.32. The molecule has 1 N–H and O–H groups in total. The Balaban J connectivity index is 1.80. The normalized spacial score (nSPS) is 10.2. The van der Waals surface area contributed by atoms with Gasteiger partial charge >= 0.3 is 0 Å². The minimum absolute atomic E-state index is 0.125. The molecule has 5 nitrogen and oxygen atoms in total. The van der Waals surface area contributed by atoms with E-state index < -0.39 is 0 Å². The Morgan fingerprint density at radius 3 is 2.90 bits per heavy atom. The summed E-state index contributed by atoms with van der Waals surface area (Å²) < 4.78 is 2.25. The van der Waals surface area contributed by atoms with Gasteiger partial charge in [0.25, 0.3) is 11.5 Å². The zero-order valence-corrected chi connectivity index (χ0v) is 12.3. The van der Waals surface area contributed by atoms with Gasteiger partial charge in [-0.25, -0.2) is 4.68 Å². The number of aryl methyl sites for hydroxylation is 1. The van der Waals surface area contributed by atoms with Crippen molar-refractivity contribution in [2.75, 3.05) is 6.54 Å². The standard InChI is InChI=1S/C14H14BrN3O2/c15-12-5-1-4-11(10-12)14(20)16-7-3-9-18-13(19)6-2-8-17-18/h1-2,4-6,8,10H,3,7,9H2,(H,16,20). The van der Waals surface area contributed by atoms with Crippen LogP contribution in [0.4, 0.5) is 0 Å². The highest BCUT2D eigenvalue weighted by atomic mass is 79.9. The summed E-state index contributed by atoms with van der Waals surface area (Å²) in [6.07, 6.45) is 2.22. The summed E-state index contributed by atoms with van der Waals surface area (Å²) in [5.41, 5.74) is 0.472. The highest BCUT2D eigenvalue weighted by Gasteiger charge is 2.04. The van der Waals surface area contributed by atoms with Gasteiger partial charge in [-0.2, -0.15) is 5.10 Å². The summed E-state index contributed by atoms with van der Waals surface area (Å²) in [7, 11) is 0. The molecule has 20 heavy (non-hydrogen) atoms. The molecule has 2 aromatic rings. The predicted octanol–water partition coefficient (Wildman–Crippen LogP) is 1.83. The number of aromatic nitrogens is 2. The van der Waals surface area contributed by atoms with Gasteiger partial charge in [0, 0.05) is 35.4 Å². The molecule has 0 fully saturated rings. The van der Waals surface area contributed by atoms with E-state index in [4.69, 9.17) is 0 Å². The molecule has 104 valence electrons. The fourth-order valence-electron chi connectivity index (χ4n) is 1.72. The zero-order chi connectivity index (χ0) is 14.4. The third kappa shape index (κ3) is 4.03. The molecule has 0 unspecified atom stereocenters. The monoisotopic (exact) mass is 335 g/mol. The number of carbonyl (C=O) groups excluding carboxylic acids is 1. The van der Waals surface area contributed by atoms with Crippen molar-refractivity contribution in [3.8, 4) is 0 Å². The van der Waals surface area contributed by atoms with Crippen LogP contribution in [0.15, 0.2) is 51.9 Å². The summed E-state index contributed by atoms with van der Waals surface area (Å²) in [5, 5.41) is 6.76. The number of nitrogens with one attached hydrogen (secondary N) is 1. The fraction of sp³-hybridized carbons (Fsp3) is 0.214. The van der Waals surface area contributed by atoms with Crippen LogP contribution in [-0.2, 0) is 6.54 Å². The van der Waals surface area contributed by atoms with Crippen LogP contribution >= 0.6 is 15.9 Å². The lowest BCUT2D eigenvalue weighted by atomic mass is 10.2. The van der Waals surface area contributed by atoms with Gasteiger partial charge in [0.1, 0.15) is 0 Å². The highest BCUT2D eigenvalue weighted by Crippen LogP contribution is 2.11. The summed E-state index contributed by atoms with van der Waals surface area (Å²) in [6, 6.07) is 10.3. The molecule has 1 heterocycles. The molecule has 0 aliphatic heterocycles. The first-order valence-corrected chi connectivity index (χ1v) is 7.02. The van der Waals surface area contributed by atoms with Crippen molar-refractivity contribution in [2.45, 2.75) is 13.0 Å². The first kappa shape index (κ1) is 14.5. The molecule has 0 atom stereocenters. The maximum absolute atomic E-state index is 11.9. The van der Waals surface area contributed by atoms with E-state index in [1.165, 1.54) is 10.7 Å². The Hall–Kier alpha value is -1.95. The summed E-state index contributed by atoms with van der Waals surface area (Å²) in [4.78, 5) is 23.3. The van der Waals surface area contributed by atoms with Crippen molar-refractivity contribution >= 4 is 21.8 Å². The molecule has 0 bridgehead atoms. The van der Waals surface area contributed by atoms with Gasteiger partial charge in [-0.05, 0) is 30.7 Å². The molecule has 0 saturated heterocycles. The van der Waals surface area contributed by atoms with Gasteiger partial charge < -0.3 is 5.32 Å². The van der Waals surface area contributed by atoms with Gasteiger partial charge in [0.05, 0.1) is 0 Å². The van der Waals surface area contributed by atoms with E-state index in [2.05, 4.69) is 26.3 Å². The molecular weight excluding hydrogens is 322 g/mol. The van der Waals surface area contributed by atoms with Crippen LogP contribution in [0, 0.1) is 0 Å². The Morgan fingerprint density at radius 2 is 2.15 bits per heavy atom. The van der Waals surface area contributed by atoms with Crippen LogP contribution < -0.4 is 10.9 Å². The minimum Gasteiger partial charge on any atom is -0.352 e. The maximum Gasteiger partial charge on any atom is 0.266 e. The number of rotatable bonds is 5. The lowest BCUT2D eigenvalue weighted by molar-refractivity contribution is 0.0952. The first-order valence-electron chi connectivity index (χ1n) is 6.23. The van der Waals surface area contributed by atoms with Crippen molar-refractivity contribution < 1.29 is 4.79 Å². The van der Waals surface area contributed by atoms with Crippen molar-refractivity contribution in [3.63, 3.8) is 0 Å². The molecule has 0 aliphatic carbocycles. The molecule has 1 aromatic carbocycles. The molecule has 0 radical (unpaired) electrons. The fourth-order valence-corrected chi connectivity index (χ4v) is 2.12. The molecule has 1 aromatic heterocycles. The third-order valence-electron chi connectivity index (χ3n) is 2.70. The Morgan fingerprint density at radius 1 is 1.30 bits per heavy atom. The van der Waals surface area contributed by atoms with Crippen LogP contribution in [0.1, 0.15) is 16.8 Å². The van der Waals surface area contributed by atoms with Crippen LogP contribution in [-0.4, -0.2) is 22.2 Å². The smallest absolute Gasteiger partial charge is 0.266 e. The number of carbonyl (C=O) groups is 1. The lowest BCUT2D eigenvalue weighted by Crippen LogP contribution is -2.27. The van der Waals surface area contributed by atoms with Crippen molar-refractivity contribution in [3.05, 3.63) is 63.0 Å². The number of hydrogen-bond donors (Lipinski definition) is 1. The van der Waals surface area contributed by atoms with E-state index in [-0.39, 0.29) is 11.5 Å². The molecule has 0 aliphatic rings. The molecule has 1 amide bonds. The largest absolute Gasteiger partial charge is 0.352 e. The second-order valence-corrected chi connectivity index (χ2v) is 5.12. The summed E-state index contributed by atoms with van der Waals surface area (Å²) in [5.74, 6) is -0.125. The predicted molar refractivity (Wildman–Crippen MR) is 79.6 cm³/mol. The maximum atomic E-state index is 11.9. The third-order valence-corrected chi connectivity index (χ3v) is 3.20. The molecular formula is C14H14BrN3O2. The summed E-state index contributed by atoms with van der Waals surface area (Å²) in [6.45, 7) is 0.979. The van der Waals surface area contributed by atoms with Crippen LogP contribution in [0.3, 0.4) is 0 Å². The van der Waals surface area contributed by atoms with Crippen LogP contribution in [0.25, 0.3) is 0 Å². The lowest BCUT2D eigenvalue weighted by Gasteiger charge is -2.06. The first-order chi connectivity index (χ1) is 9.66. The van der Waals surface area contributed by atoms with E-state index in [1.807, 2.05) is 12.1 Å². The highest BCUT2D eigenvalue weighted by molar-refractivity contribution is 9.10. The van der Waals surface area contributed by atoms with Crippen molar-refractivity contribution in [1.29, 1.82) is 0 Å². The van der Waals surface area contributed by atoms with Gasteiger partial charge in [0.2, 0.25) is 0 Å². The Bertz CT molecular complexity index is 655. The van der Waals surface area contributed by atoms with E-state index in [0.29, 0.717) is 25.1 Å². The average molecular weight is 336 g/mol. The minimum atomic E-state index is -0.134. The van der Waals surface area contributed by atoms with Crippen LogP contribution in [0.2, 0.25) is 0 Å². The number of benzene rings is 1. The topological polar surface area (TPSA) is 64.0 Å². The van der Waals surface area contributed by atoms with Gasteiger partial charge in [-0.1, -0.05) is 22.0 Å². The molecule has 6 heteroatoms. The van der Waals surface area contributed by atoms with Crippen molar-refractivity contribution in [2.24, 2.45) is 0 Å². The molecule has 2 rings (SSSR count). The number of halogens is 1. The van der Waals surface area contributed by atoms with Gasteiger partial charge in [-0.15, -0.1) is 0 Å². The number of amides is 1. The van der Waals surface area contributed by atoms with E-state index in [1.54, 1.807) is 24.4 Å². The Kier molecular flexibility index (Phi) is 5.06. The quantitative estimate of drug-likeness (QED) is 0.848. The Labute approximate surface area is 124 Å². The molecule has 0 spiro atoms. The van der Waals surface area contributed by atoms with Crippen LogP contribution in [0.5, 0.6) is 0 Å². The number of nitrogens with zero attached hydrogens (tertiary/aromatic N) is 2. The van der Waals surface area contributed by atoms with Gasteiger partial charge in [0.15, 0.2) is 0 Å². The second-order valence-electron chi connectivity index (χ2n) is 4.20. The molecule has 0 saturated carbocycles. The van der Waals surface area contributed by atoms with Crippen molar-refractivity contribution in [1.82, 2.24) is 15.1 Å². The number of hydrogen-bond acceptors (Lipinski definition) is 3. The van der Waals surface area contributed by atoms with E-state index >= 15 is 0 Å². The zero-order valence-electron chi connectivity index (χ0n) is 10.8. The van der Waals surface area contributed by atoms with Gasteiger partial charge in [-0.3, -0.25) is 9.59 Å². The second kappa shape index (κ2) is 7.00. The SMILES string of the molecule is O=C(NCCCn1ncccc1=O)c1cccc(Br)c1. The van der Waals surface area contributed by atoms with E-state index in [0.717, 1.165) is 4.47 Å². The van der Waals surface area contributed by atoms with E-state index in [9.17, 15) is 9.59 Å². The average Bonchev–Trinajstić information content (AvgIpc) is 2.45.